The van der Waals surface area contributed by atoms with Gasteiger partial charge in [-0.25, -0.2) is 4.98 Å². The summed E-state index contributed by atoms with van der Waals surface area (Å²) >= 11 is 0. The summed E-state index contributed by atoms with van der Waals surface area (Å²) in [7, 11) is 0. The molecule has 0 fully saturated rings. The maximum absolute atomic E-state index is 5.58. The Morgan fingerprint density at radius 3 is 2.75 bits per heavy atom. The number of hydrogen-bond donors (Lipinski definition) is 1. The highest BCUT2D eigenvalue weighted by molar-refractivity contribution is 5.45. The molecule has 0 amide bonds. The number of aromatic nitrogens is 1. The second-order valence-electron chi connectivity index (χ2n) is 4.63. The van der Waals surface area contributed by atoms with Gasteiger partial charge >= 0.3 is 0 Å². The van der Waals surface area contributed by atoms with Crippen LogP contribution in [0.25, 0.3) is 0 Å². The van der Waals surface area contributed by atoms with Gasteiger partial charge in [0.05, 0.1) is 0 Å². The summed E-state index contributed by atoms with van der Waals surface area (Å²) in [5.41, 5.74) is 6.81. The molecule has 3 heteroatoms. The Labute approximate surface area is 98.7 Å². The largest absolute Gasteiger partial charge is 0.356 e. The molecule has 0 aliphatic heterocycles. The van der Waals surface area contributed by atoms with Crippen LogP contribution in [-0.2, 0) is 0 Å². The van der Waals surface area contributed by atoms with Gasteiger partial charge in [-0.15, -0.1) is 0 Å². The Kier molecular flexibility index (Phi) is 5.26. The first-order valence-corrected chi connectivity index (χ1v) is 6.01. The average Bonchev–Trinajstić information content (AvgIpc) is 2.24. The molecule has 90 valence electrons. The number of aryl methyl sites for hydroxylation is 1. The van der Waals surface area contributed by atoms with Gasteiger partial charge in [-0.2, -0.15) is 0 Å². The number of nitrogens with zero attached hydrogens (tertiary/aromatic N) is 2. The van der Waals surface area contributed by atoms with Crippen molar-refractivity contribution >= 4 is 5.82 Å². The third-order valence-electron chi connectivity index (χ3n) is 2.50. The molecule has 0 spiro atoms. The molecule has 1 heterocycles. The minimum Gasteiger partial charge on any atom is -0.356 e. The van der Waals surface area contributed by atoms with Crippen LogP contribution in [0, 0.1) is 12.8 Å². The van der Waals surface area contributed by atoms with Crippen LogP contribution in [0.15, 0.2) is 18.3 Å². The Balaban J connectivity index is 2.78. The van der Waals surface area contributed by atoms with E-state index in [9.17, 15) is 0 Å². The lowest BCUT2D eigenvalue weighted by Crippen LogP contribution is -2.31. The fourth-order valence-electron chi connectivity index (χ4n) is 1.81. The van der Waals surface area contributed by atoms with Gasteiger partial charge in [0.1, 0.15) is 5.82 Å². The molecule has 2 N–H and O–H groups in total. The Morgan fingerprint density at radius 2 is 2.19 bits per heavy atom. The summed E-state index contributed by atoms with van der Waals surface area (Å²) in [5.74, 6) is 1.74. The van der Waals surface area contributed by atoms with Crippen molar-refractivity contribution in [3.8, 4) is 0 Å². The van der Waals surface area contributed by atoms with Gasteiger partial charge in [0.2, 0.25) is 0 Å². The van der Waals surface area contributed by atoms with Crippen molar-refractivity contribution in [2.45, 2.75) is 27.2 Å². The summed E-state index contributed by atoms with van der Waals surface area (Å²) in [6, 6.07) is 4.09. The van der Waals surface area contributed by atoms with E-state index >= 15 is 0 Å². The SMILES string of the molecule is Cc1cccnc1N(CCCN)CC(C)C. The molecule has 0 radical (unpaired) electrons. The van der Waals surface area contributed by atoms with Crippen LogP contribution in [0.3, 0.4) is 0 Å². The first-order valence-electron chi connectivity index (χ1n) is 6.01. The van der Waals surface area contributed by atoms with E-state index in [0.29, 0.717) is 5.92 Å². The van der Waals surface area contributed by atoms with Crippen molar-refractivity contribution in [1.29, 1.82) is 0 Å². The van der Waals surface area contributed by atoms with Gasteiger partial charge in [-0.1, -0.05) is 19.9 Å². The van der Waals surface area contributed by atoms with E-state index in [2.05, 4.69) is 36.7 Å². The first kappa shape index (κ1) is 13.0. The molecular weight excluding hydrogens is 198 g/mol. The molecular formula is C13H23N3. The van der Waals surface area contributed by atoms with E-state index in [0.717, 1.165) is 31.9 Å². The fraction of sp³-hybridized carbons (Fsp3) is 0.615. The molecule has 0 bridgehead atoms. The van der Waals surface area contributed by atoms with Crippen LogP contribution in [0.5, 0.6) is 0 Å². The minimum absolute atomic E-state index is 0.638. The van der Waals surface area contributed by atoms with E-state index in [4.69, 9.17) is 5.73 Å². The van der Waals surface area contributed by atoms with Crippen LogP contribution in [0.2, 0.25) is 0 Å². The lowest BCUT2D eigenvalue weighted by atomic mass is 10.2. The third kappa shape index (κ3) is 3.81. The van der Waals surface area contributed by atoms with Crippen LogP contribution in [0.1, 0.15) is 25.8 Å². The predicted octanol–water partition coefficient (Wildman–Crippen LogP) is 2.20. The van der Waals surface area contributed by atoms with Crippen molar-refractivity contribution in [3.05, 3.63) is 23.9 Å². The molecule has 16 heavy (non-hydrogen) atoms. The molecule has 0 aliphatic rings. The number of nitrogens with two attached hydrogens (primary N) is 1. The van der Waals surface area contributed by atoms with E-state index in [1.807, 2.05) is 12.3 Å². The monoisotopic (exact) mass is 221 g/mol. The van der Waals surface area contributed by atoms with Gasteiger partial charge < -0.3 is 10.6 Å². The van der Waals surface area contributed by atoms with Crippen LogP contribution >= 0.6 is 0 Å². The first-order chi connectivity index (χ1) is 7.65. The van der Waals surface area contributed by atoms with Crippen molar-refractivity contribution in [3.63, 3.8) is 0 Å². The zero-order valence-electron chi connectivity index (χ0n) is 10.6. The normalized spacial score (nSPS) is 10.8. The fourth-order valence-corrected chi connectivity index (χ4v) is 1.81. The maximum atomic E-state index is 5.58. The van der Waals surface area contributed by atoms with E-state index < -0.39 is 0 Å². The van der Waals surface area contributed by atoms with Crippen LogP contribution in [-0.4, -0.2) is 24.6 Å². The highest BCUT2D eigenvalue weighted by Crippen LogP contribution is 2.17. The molecule has 0 saturated heterocycles. The summed E-state index contributed by atoms with van der Waals surface area (Å²) in [4.78, 5) is 6.81. The smallest absolute Gasteiger partial charge is 0.131 e. The molecule has 0 aliphatic carbocycles. The molecule has 3 nitrogen and oxygen atoms in total. The van der Waals surface area contributed by atoms with Gasteiger partial charge in [0, 0.05) is 19.3 Å². The Morgan fingerprint density at radius 1 is 1.44 bits per heavy atom. The quantitative estimate of drug-likeness (QED) is 0.800. The van der Waals surface area contributed by atoms with Gasteiger partial charge in [-0.05, 0) is 37.4 Å². The highest BCUT2D eigenvalue weighted by Gasteiger charge is 2.11. The van der Waals surface area contributed by atoms with Crippen LogP contribution < -0.4 is 10.6 Å². The van der Waals surface area contributed by atoms with Crippen molar-refractivity contribution in [1.82, 2.24) is 4.98 Å². The summed E-state index contributed by atoms with van der Waals surface area (Å²) in [5, 5.41) is 0. The second kappa shape index (κ2) is 6.48. The average molecular weight is 221 g/mol. The molecule has 0 unspecified atom stereocenters. The summed E-state index contributed by atoms with van der Waals surface area (Å²) in [6.45, 7) is 9.34. The standard InChI is InChI=1S/C13H23N3/c1-11(2)10-16(9-5-7-14)13-12(3)6-4-8-15-13/h4,6,8,11H,5,7,9-10,14H2,1-3H3. The van der Waals surface area contributed by atoms with E-state index in [1.165, 1.54) is 5.56 Å². The van der Waals surface area contributed by atoms with Gasteiger partial charge in [0.25, 0.3) is 0 Å². The lowest BCUT2D eigenvalue weighted by Gasteiger charge is -2.26. The van der Waals surface area contributed by atoms with Crippen LogP contribution in [0.4, 0.5) is 5.82 Å². The molecule has 0 saturated carbocycles. The zero-order valence-corrected chi connectivity index (χ0v) is 10.6. The Bertz CT molecular complexity index is 310. The van der Waals surface area contributed by atoms with Gasteiger partial charge in [-0.3, -0.25) is 0 Å². The summed E-state index contributed by atoms with van der Waals surface area (Å²) < 4.78 is 0. The third-order valence-corrected chi connectivity index (χ3v) is 2.50. The minimum atomic E-state index is 0.638. The Hall–Kier alpha value is -1.09. The van der Waals surface area contributed by atoms with Crippen molar-refractivity contribution in [2.75, 3.05) is 24.5 Å². The maximum Gasteiger partial charge on any atom is 0.131 e. The van der Waals surface area contributed by atoms with Crippen molar-refractivity contribution in [2.24, 2.45) is 11.7 Å². The molecule has 1 aromatic heterocycles. The molecule has 1 aromatic rings. The lowest BCUT2D eigenvalue weighted by molar-refractivity contribution is 0.595. The predicted molar refractivity (Wildman–Crippen MR) is 69.7 cm³/mol. The van der Waals surface area contributed by atoms with E-state index in [-0.39, 0.29) is 0 Å². The molecule has 1 rings (SSSR count). The van der Waals surface area contributed by atoms with E-state index in [1.54, 1.807) is 0 Å². The number of pyridine rings is 1. The number of rotatable bonds is 6. The zero-order chi connectivity index (χ0) is 12.0. The number of anilines is 1. The molecule has 0 aromatic carbocycles. The summed E-state index contributed by atoms with van der Waals surface area (Å²) in [6.07, 6.45) is 2.88. The second-order valence-corrected chi connectivity index (χ2v) is 4.63. The van der Waals surface area contributed by atoms with Gasteiger partial charge in [0.15, 0.2) is 0 Å². The molecule has 0 atom stereocenters. The topological polar surface area (TPSA) is 42.2 Å². The highest BCUT2D eigenvalue weighted by atomic mass is 15.2. The number of hydrogen-bond acceptors (Lipinski definition) is 3. The van der Waals surface area contributed by atoms with Crippen molar-refractivity contribution < 1.29 is 0 Å².